The molecule has 12 heteroatoms. The fourth-order valence-electron chi connectivity index (χ4n) is 1.67. The molecule has 22 heavy (non-hydrogen) atoms. The molecule has 1 aromatic carbocycles. The second-order valence-corrected chi connectivity index (χ2v) is 5.55. The van der Waals surface area contributed by atoms with Gasteiger partial charge in [-0.3, -0.25) is 10.1 Å². The Morgan fingerprint density at radius 3 is 2.18 bits per heavy atom. The summed E-state index contributed by atoms with van der Waals surface area (Å²) in [5.74, 6) is -0.430. The summed E-state index contributed by atoms with van der Waals surface area (Å²) in [6.07, 6.45) is -4.64. The van der Waals surface area contributed by atoms with Crippen molar-refractivity contribution >= 4 is 50.6 Å². The van der Waals surface area contributed by atoms with E-state index in [4.69, 9.17) is 28.9 Å². The van der Waals surface area contributed by atoms with Crippen molar-refractivity contribution < 1.29 is 18.1 Å². The van der Waals surface area contributed by atoms with Gasteiger partial charge in [-0.15, -0.1) is 0 Å². The molecule has 0 saturated heterocycles. The van der Waals surface area contributed by atoms with Crippen LogP contribution in [0.4, 0.5) is 24.7 Å². The molecule has 0 spiro atoms. The molecular formula is C10H4BrCl2F3N4O2. The summed E-state index contributed by atoms with van der Waals surface area (Å²) in [6.45, 7) is 0. The van der Waals surface area contributed by atoms with Crippen LogP contribution >= 0.6 is 39.1 Å². The highest BCUT2D eigenvalue weighted by molar-refractivity contribution is 9.10. The summed E-state index contributed by atoms with van der Waals surface area (Å²) in [6, 6.07) is 1.26. The monoisotopic (exact) mass is 418 g/mol. The molecule has 2 aromatic rings. The fraction of sp³-hybridized carbons (Fsp3) is 0.100. The van der Waals surface area contributed by atoms with Gasteiger partial charge in [0.25, 0.3) is 0 Å². The predicted octanol–water partition coefficient (Wildman–Crippen LogP) is 4.45. The van der Waals surface area contributed by atoms with Gasteiger partial charge in [0.05, 0.1) is 20.5 Å². The molecule has 0 aliphatic carbocycles. The van der Waals surface area contributed by atoms with Gasteiger partial charge in [0.2, 0.25) is 10.4 Å². The normalized spacial score (nSPS) is 11.7. The number of hydrogen-bond acceptors (Lipinski definition) is 4. The molecule has 0 saturated carbocycles. The molecule has 1 aromatic heterocycles. The summed E-state index contributed by atoms with van der Waals surface area (Å²) in [4.78, 5) is 10.1. The Labute approximate surface area is 138 Å². The number of nitrogens with two attached hydrogens (primary N) is 1. The summed E-state index contributed by atoms with van der Waals surface area (Å²) >= 11 is 14.4. The van der Waals surface area contributed by atoms with Crippen LogP contribution in [-0.4, -0.2) is 14.7 Å². The van der Waals surface area contributed by atoms with Crippen LogP contribution in [0.2, 0.25) is 10.0 Å². The van der Waals surface area contributed by atoms with Crippen LogP contribution in [-0.2, 0) is 6.18 Å². The van der Waals surface area contributed by atoms with Gasteiger partial charge in [0, 0.05) is 0 Å². The lowest BCUT2D eigenvalue weighted by atomic mass is 10.2. The minimum atomic E-state index is -4.64. The SMILES string of the molecule is Nc1c([N+](=O)[O-])c(Br)nn1-c1c(Cl)cc(C(F)(F)F)cc1Cl. The van der Waals surface area contributed by atoms with Gasteiger partial charge in [-0.05, 0) is 28.1 Å². The number of benzene rings is 1. The number of nitro groups is 1. The van der Waals surface area contributed by atoms with Gasteiger partial charge in [0.15, 0.2) is 0 Å². The Hall–Kier alpha value is -1.52. The smallest absolute Gasteiger partial charge is 0.378 e. The summed E-state index contributed by atoms with van der Waals surface area (Å²) in [5.41, 5.74) is 3.78. The lowest BCUT2D eigenvalue weighted by Gasteiger charge is -2.12. The first-order valence-corrected chi connectivity index (χ1v) is 6.84. The highest BCUT2D eigenvalue weighted by Crippen LogP contribution is 2.40. The van der Waals surface area contributed by atoms with Crippen molar-refractivity contribution in [2.45, 2.75) is 6.18 Å². The van der Waals surface area contributed by atoms with Gasteiger partial charge >= 0.3 is 11.9 Å². The molecule has 6 nitrogen and oxygen atoms in total. The quantitative estimate of drug-likeness (QED) is 0.575. The van der Waals surface area contributed by atoms with Gasteiger partial charge in [0.1, 0.15) is 5.69 Å². The maximum Gasteiger partial charge on any atom is 0.416 e. The lowest BCUT2D eigenvalue weighted by molar-refractivity contribution is -0.384. The number of hydrogen-bond donors (Lipinski definition) is 1. The molecule has 2 N–H and O–H groups in total. The third kappa shape index (κ3) is 2.85. The average molecular weight is 420 g/mol. The molecule has 0 radical (unpaired) electrons. The van der Waals surface area contributed by atoms with Crippen molar-refractivity contribution in [3.05, 3.63) is 42.5 Å². The predicted molar refractivity (Wildman–Crippen MR) is 77.4 cm³/mol. The molecule has 0 aliphatic rings. The summed E-state index contributed by atoms with van der Waals surface area (Å²) in [5, 5.41) is 13.8. The minimum absolute atomic E-state index is 0.192. The highest BCUT2D eigenvalue weighted by Gasteiger charge is 2.33. The first-order chi connectivity index (χ1) is 10.0. The Kier molecular flexibility index (Phi) is 4.28. The van der Waals surface area contributed by atoms with Crippen LogP contribution in [0.25, 0.3) is 5.69 Å². The maximum atomic E-state index is 12.7. The van der Waals surface area contributed by atoms with Crippen molar-refractivity contribution in [3.63, 3.8) is 0 Å². The number of halogens is 6. The van der Waals surface area contributed by atoms with Gasteiger partial charge < -0.3 is 5.73 Å². The molecule has 2 rings (SSSR count). The van der Waals surface area contributed by atoms with E-state index < -0.39 is 38.2 Å². The van der Waals surface area contributed by atoms with Crippen LogP contribution in [0.15, 0.2) is 16.7 Å². The molecule has 0 fully saturated rings. The number of aromatic nitrogens is 2. The van der Waals surface area contributed by atoms with Crippen LogP contribution < -0.4 is 5.73 Å². The number of nitrogens with zero attached hydrogens (tertiary/aromatic N) is 3. The maximum absolute atomic E-state index is 12.7. The molecule has 1 heterocycles. The average Bonchev–Trinajstić information content (AvgIpc) is 2.62. The van der Waals surface area contributed by atoms with E-state index in [2.05, 4.69) is 21.0 Å². The summed E-state index contributed by atoms with van der Waals surface area (Å²) < 4.78 is 38.6. The number of anilines is 1. The van der Waals surface area contributed by atoms with Crippen molar-refractivity contribution in [1.29, 1.82) is 0 Å². The van der Waals surface area contributed by atoms with Crippen LogP contribution in [0, 0.1) is 10.1 Å². The van der Waals surface area contributed by atoms with Gasteiger partial charge in [-0.2, -0.15) is 18.3 Å². The van der Waals surface area contributed by atoms with E-state index in [1.165, 1.54) is 0 Å². The topological polar surface area (TPSA) is 87.0 Å². The van der Waals surface area contributed by atoms with Gasteiger partial charge in [-0.25, -0.2) is 4.68 Å². The van der Waals surface area contributed by atoms with Crippen molar-refractivity contribution in [2.24, 2.45) is 0 Å². The Bertz CT molecular complexity index is 755. The van der Waals surface area contributed by atoms with E-state index in [0.717, 1.165) is 4.68 Å². The Balaban J connectivity index is 2.70. The first kappa shape index (κ1) is 16.8. The van der Waals surface area contributed by atoms with Crippen LogP contribution in [0.3, 0.4) is 0 Å². The van der Waals surface area contributed by atoms with Crippen molar-refractivity contribution in [2.75, 3.05) is 5.73 Å². The molecule has 118 valence electrons. The van der Waals surface area contributed by atoms with E-state index in [1.54, 1.807) is 0 Å². The largest absolute Gasteiger partial charge is 0.416 e. The number of rotatable bonds is 2. The zero-order chi connectivity index (χ0) is 16.8. The zero-order valence-corrected chi connectivity index (χ0v) is 13.3. The molecule has 0 atom stereocenters. The second-order valence-electron chi connectivity index (χ2n) is 3.98. The molecule has 0 bridgehead atoms. The first-order valence-electron chi connectivity index (χ1n) is 5.29. The van der Waals surface area contributed by atoms with Crippen LogP contribution in [0.5, 0.6) is 0 Å². The lowest BCUT2D eigenvalue weighted by Crippen LogP contribution is -2.08. The number of nitrogen functional groups attached to an aromatic ring is 1. The van der Waals surface area contributed by atoms with E-state index in [9.17, 15) is 23.3 Å². The third-order valence-electron chi connectivity index (χ3n) is 2.59. The van der Waals surface area contributed by atoms with E-state index in [0.29, 0.717) is 12.1 Å². The second kappa shape index (κ2) is 5.60. The molecule has 0 unspecified atom stereocenters. The molecule has 0 aliphatic heterocycles. The van der Waals surface area contributed by atoms with E-state index in [1.807, 2.05) is 0 Å². The van der Waals surface area contributed by atoms with E-state index in [-0.39, 0.29) is 10.3 Å². The standard InChI is InChI=1S/C10H4BrCl2F3N4O2/c11-8-7(20(21)22)9(17)19(18-8)6-4(12)1-3(2-5(6)13)10(14,15)16/h1-2H,17H2. The molecule has 0 amide bonds. The van der Waals surface area contributed by atoms with Crippen molar-refractivity contribution in [3.8, 4) is 5.69 Å². The molecular weight excluding hydrogens is 416 g/mol. The minimum Gasteiger partial charge on any atom is -0.378 e. The van der Waals surface area contributed by atoms with E-state index >= 15 is 0 Å². The Morgan fingerprint density at radius 1 is 1.32 bits per heavy atom. The zero-order valence-electron chi connectivity index (χ0n) is 10.2. The van der Waals surface area contributed by atoms with Gasteiger partial charge in [-0.1, -0.05) is 23.2 Å². The highest BCUT2D eigenvalue weighted by atomic mass is 79.9. The number of alkyl halides is 3. The van der Waals surface area contributed by atoms with Crippen LogP contribution in [0.1, 0.15) is 5.56 Å². The third-order valence-corrected chi connectivity index (χ3v) is 3.70. The fourth-order valence-corrected chi connectivity index (χ4v) is 2.82. The Morgan fingerprint density at radius 2 is 1.82 bits per heavy atom. The van der Waals surface area contributed by atoms with Crippen molar-refractivity contribution in [1.82, 2.24) is 9.78 Å². The summed E-state index contributed by atoms with van der Waals surface area (Å²) in [7, 11) is 0.